The third-order valence-corrected chi connectivity index (χ3v) is 3.99. The molecular formula is C16H21N3O3. The normalized spacial score (nSPS) is 15.1. The Morgan fingerprint density at radius 1 is 1.45 bits per heavy atom. The van der Waals surface area contributed by atoms with Crippen LogP contribution >= 0.6 is 0 Å². The molecule has 0 saturated heterocycles. The van der Waals surface area contributed by atoms with Crippen molar-refractivity contribution >= 4 is 5.91 Å². The standard InChI is InChI=1S/C16H21N3O3/c1-4-11(2)16(3,21)10-18-15(20)13-9-14(22-19-13)12-5-7-17-8-6-12/h5-9,11,21H,4,10H2,1-3H3,(H,18,20). The predicted molar refractivity (Wildman–Crippen MR) is 82.1 cm³/mol. The minimum atomic E-state index is -0.956. The molecule has 2 aromatic heterocycles. The van der Waals surface area contributed by atoms with Crippen LogP contribution in [0.15, 0.2) is 35.1 Å². The lowest BCUT2D eigenvalue weighted by Crippen LogP contribution is -2.45. The Labute approximate surface area is 129 Å². The minimum Gasteiger partial charge on any atom is -0.388 e. The molecule has 0 radical (unpaired) electrons. The molecular weight excluding hydrogens is 282 g/mol. The summed E-state index contributed by atoms with van der Waals surface area (Å²) in [5.41, 5.74) is 0.0298. The first-order chi connectivity index (χ1) is 10.4. The molecule has 2 unspecified atom stereocenters. The minimum absolute atomic E-state index is 0.0810. The van der Waals surface area contributed by atoms with Crippen LogP contribution in [0.4, 0.5) is 0 Å². The number of aromatic nitrogens is 2. The molecule has 0 bridgehead atoms. The van der Waals surface area contributed by atoms with Crippen molar-refractivity contribution in [2.75, 3.05) is 6.54 Å². The van der Waals surface area contributed by atoms with Gasteiger partial charge in [-0.3, -0.25) is 9.78 Å². The fraction of sp³-hybridized carbons (Fsp3) is 0.438. The average molecular weight is 303 g/mol. The molecule has 2 N–H and O–H groups in total. The zero-order valence-corrected chi connectivity index (χ0v) is 13.0. The van der Waals surface area contributed by atoms with Crippen LogP contribution in [0.2, 0.25) is 0 Å². The fourth-order valence-electron chi connectivity index (χ4n) is 2.00. The summed E-state index contributed by atoms with van der Waals surface area (Å²) in [5.74, 6) is 0.214. The lowest BCUT2D eigenvalue weighted by molar-refractivity contribution is 0.00584. The first-order valence-corrected chi connectivity index (χ1v) is 7.31. The van der Waals surface area contributed by atoms with Crippen molar-refractivity contribution in [3.05, 3.63) is 36.3 Å². The Morgan fingerprint density at radius 3 is 2.77 bits per heavy atom. The van der Waals surface area contributed by atoms with E-state index < -0.39 is 5.60 Å². The number of aliphatic hydroxyl groups is 1. The summed E-state index contributed by atoms with van der Waals surface area (Å²) in [7, 11) is 0. The van der Waals surface area contributed by atoms with Gasteiger partial charge in [0.25, 0.3) is 5.91 Å². The number of rotatable bonds is 6. The molecule has 2 rings (SSSR count). The number of carbonyl (C=O) groups excluding carboxylic acids is 1. The zero-order valence-electron chi connectivity index (χ0n) is 13.0. The van der Waals surface area contributed by atoms with E-state index in [0.29, 0.717) is 5.76 Å². The second-order valence-corrected chi connectivity index (χ2v) is 5.66. The smallest absolute Gasteiger partial charge is 0.273 e. The van der Waals surface area contributed by atoms with Gasteiger partial charge in [0.2, 0.25) is 0 Å². The van der Waals surface area contributed by atoms with E-state index in [1.807, 2.05) is 13.8 Å². The van der Waals surface area contributed by atoms with Gasteiger partial charge in [-0.2, -0.15) is 0 Å². The number of amides is 1. The summed E-state index contributed by atoms with van der Waals surface area (Å²) in [4.78, 5) is 16.0. The van der Waals surface area contributed by atoms with Gasteiger partial charge in [0, 0.05) is 30.6 Å². The van der Waals surface area contributed by atoms with Crippen molar-refractivity contribution in [1.82, 2.24) is 15.5 Å². The SMILES string of the molecule is CCC(C)C(C)(O)CNC(=O)c1cc(-c2ccncc2)on1. The molecule has 0 spiro atoms. The summed E-state index contributed by atoms with van der Waals surface area (Å²) < 4.78 is 5.17. The van der Waals surface area contributed by atoms with Crippen molar-refractivity contribution < 1.29 is 14.4 Å². The quantitative estimate of drug-likeness (QED) is 0.854. The Kier molecular flexibility index (Phi) is 4.92. The molecule has 118 valence electrons. The Hall–Kier alpha value is -2.21. The maximum absolute atomic E-state index is 12.1. The van der Waals surface area contributed by atoms with E-state index in [4.69, 9.17) is 4.52 Å². The molecule has 0 aromatic carbocycles. The highest BCUT2D eigenvalue weighted by Gasteiger charge is 2.28. The van der Waals surface area contributed by atoms with E-state index in [1.165, 1.54) is 0 Å². The molecule has 22 heavy (non-hydrogen) atoms. The number of hydrogen-bond acceptors (Lipinski definition) is 5. The van der Waals surface area contributed by atoms with Gasteiger partial charge in [-0.05, 0) is 25.0 Å². The van der Waals surface area contributed by atoms with Crippen molar-refractivity contribution in [3.63, 3.8) is 0 Å². The van der Waals surface area contributed by atoms with Crippen molar-refractivity contribution in [2.24, 2.45) is 5.92 Å². The third kappa shape index (κ3) is 3.71. The zero-order chi connectivity index (χ0) is 16.2. The monoisotopic (exact) mass is 303 g/mol. The molecule has 2 heterocycles. The topological polar surface area (TPSA) is 88.2 Å². The van der Waals surface area contributed by atoms with Crippen LogP contribution < -0.4 is 5.32 Å². The lowest BCUT2D eigenvalue weighted by Gasteiger charge is -2.29. The molecule has 0 saturated carbocycles. The van der Waals surface area contributed by atoms with Gasteiger partial charge in [-0.1, -0.05) is 25.4 Å². The van der Waals surface area contributed by atoms with E-state index in [9.17, 15) is 9.90 Å². The number of nitrogens with one attached hydrogen (secondary N) is 1. The summed E-state index contributed by atoms with van der Waals surface area (Å²) in [5, 5.41) is 16.8. The molecule has 0 aliphatic carbocycles. The Bertz CT molecular complexity index is 623. The van der Waals surface area contributed by atoms with Gasteiger partial charge >= 0.3 is 0 Å². The van der Waals surface area contributed by atoms with Crippen LogP contribution in [0.1, 0.15) is 37.7 Å². The van der Waals surface area contributed by atoms with Crippen molar-refractivity contribution in [1.29, 1.82) is 0 Å². The highest BCUT2D eigenvalue weighted by atomic mass is 16.5. The second-order valence-electron chi connectivity index (χ2n) is 5.66. The number of hydrogen-bond donors (Lipinski definition) is 2. The first-order valence-electron chi connectivity index (χ1n) is 7.31. The van der Waals surface area contributed by atoms with E-state index in [0.717, 1.165) is 12.0 Å². The van der Waals surface area contributed by atoms with Gasteiger partial charge in [0.15, 0.2) is 11.5 Å². The highest BCUT2D eigenvalue weighted by molar-refractivity contribution is 5.93. The van der Waals surface area contributed by atoms with Crippen LogP contribution in [0.3, 0.4) is 0 Å². The van der Waals surface area contributed by atoms with Crippen LogP contribution in [0, 0.1) is 5.92 Å². The van der Waals surface area contributed by atoms with Gasteiger partial charge in [-0.25, -0.2) is 0 Å². The summed E-state index contributed by atoms with van der Waals surface area (Å²) in [6.45, 7) is 5.83. The van der Waals surface area contributed by atoms with E-state index >= 15 is 0 Å². The fourth-order valence-corrected chi connectivity index (χ4v) is 2.00. The molecule has 2 aromatic rings. The molecule has 0 aliphatic rings. The maximum atomic E-state index is 12.1. The van der Waals surface area contributed by atoms with Crippen LogP contribution in [-0.2, 0) is 0 Å². The molecule has 1 amide bonds. The molecule has 2 atom stereocenters. The average Bonchev–Trinajstić information content (AvgIpc) is 3.02. The first kappa shape index (κ1) is 16.2. The van der Waals surface area contributed by atoms with Crippen LogP contribution in [0.5, 0.6) is 0 Å². The maximum Gasteiger partial charge on any atom is 0.273 e. The van der Waals surface area contributed by atoms with Gasteiger partial charge in [0.05, 0.1) is 5.60 Å². The van der Waals surface area contributed by atoms with Gasteiger partial charge in [0.1, 0.15) is 0 Å². The second kappa shape index (κ2) is 6.70. The molecule has 6 heteroatoms. The van der Waals surface area contributed by atoms with Gasteiger partial charge < -0.3 is 14.9 Å². The van der Waals surface area contributed by atoms with E-state index in [1.54, 1.807) is 37.5 Å². The largest absolute Gasteiger partial charge is 0.388 e. The highest BCUT2D eigenvalue weighted by Crippen LogP contribution is 2.20. The number of pyridine rings is 1. The molecule has 0 aliphatic heterocycles. The number of carbonyl (C=O) groups is 1. The summed E-state index contributed by atoms with van der Waals surface area (Å²) in [6.07, 6.45) is 4.11. The van der Waals surface area contributed by atoms with E-state index in [-0.39, 0.29) is 24.1 Å². The van der Waals surface area contributed by atoms with Crippen molar-refractivity contribution in [3.8, 4) is 11.3 Å². The third-order valence-electron chi connectivity index (χ3n) is 3.99. The molecule has 0 fully saturated rings. The van der Waals surface area contributed by atoms with Crippen molar-refractivity contribution in [2.45, 2.75) is 32.8 Å². The summed E-state index contributed by atoms with van der Waals surface area (Å²) in [6, 6.07) is 5.12. The number of nitrogens with zero attached hydrogens (tertiary/aromatic N) is 2. The van der Waals surface area contributed by atoms with Gasteiger partial charge in [-0.15, -0.1) is 0 Å². The van der Waals surface area contributed by atoms with Crippen LogP contribution in [-0.4, -0.2) is 33.3 Å². The van der Waals surface area contributed by atoms with E-state index in [2.05, 4.69) is 15.5 Å². The van der Waals surface area contributed by atoms with Crippen LogP contribution in [0.25, 0.3) is 11.3 Å². The molecule has 6 nitrogen and oxygen atoms in total. The Morgan fingerprint density at radius 2 is 2.14 bits per heavy atom. The summed E-state index contributed by atoms with van der Waals surface area (Å²) >= 11 is 0. The Balaban J connectivity index is 2.01. The lowest BCUT2D eigenvalue weighted by atomic mass is 9.88. The predicted octanol–water partition coefficient (Wildman–Crippen LogP) is 2.26.